The van der Waals surface area contributed by atoms with Crippen LogP contribution < -0.4 is 0 Å². The highest BCUT2D eigenvalue weighted by molar-refractivity contribution is 5.78. The topological polar surface area (TPSA) is 64.0 Å². The van der Waals surface area contributed by atoms with Crippen molar-refractivity contribution in [3.8, 4) is 11.5 Å². The molecule has 184 valence electrons. The van der Waals surface area contributed by atoms with Gasteiger partial charge in [-0.3, -0.25) is 4.79 Å². The molecule has 0 amide bonds. The number of rotatable bonds is 8. The first-order valence-corrected chi connectivity index (χ1v) is 12.8. The molecular formula is C29H40N2O3. The minimum absolute atomic E-state index is 0.0443. The van der Waals surface area contributed by atoms with Crippen LogP contribution in [0, 0.1) is 0 Å². The third kappa shape index (κ3) is 5.64. The zero-order valence-corrected chi connectivity index (χ0v) is 20.8. The third-order valence-corrected chi connectivity index (χ3v) is 8.57. The molecule has 2 aliphatic heterocycles. The summed E-state index contributed by atoms with van der Waals surface area (Å²) in [6, 6.07) is 15.3. The van der Waals surface area contributed by atoms with Crippen LogP contribution in [-0.4, -0.2) is 66.1 Å². The van der Waals surface area contributed by atoms with Crippen molar-refractivity contribution in [3.63, 3.8) is 0 Å². The average Bonchev–Trinajstić information content (AvgIpc) is 2.84. The molecule has 0 radical (unpaired) electrons. The molecule has 0 aromatic heterocycles. The highest BCUT2D eigenvalue weighted by Gasteiger charge is 2.38. The van der Waals surface area contributed by atoms with E-state index in [1.165, 1.54) is 11.1 Å². The summed E-state index contributed by atoms with van der Waals surface area (Å²) in [5.41, 5.74) is 2.24. The number of carbonyl (C=O) groups is 1. The summed E-state index contributed by atoms with van der Waals surface area (Å²) < 4.78 is 0. The Morgan fingerprint density at radius 3 is 1.47 bits per heavy atom. The van der Waals surface area contributed by atoms with Crippen molar-refractivity contribution < 1.29 is 15.0 Å². The van der Waals surface area contributed by atoms with Crippen molar-refractivity contribution in [2.75, 3.05) is 40.3 Å². The van der Waals surface area contributed by atoms with E-state index in [1.807, 2.05) is 24.3 Å². The van der Waals surface area contributed by atoms with Crippen LogP contribution in [0.25, 0.3) is 0 Å². The van der Waals surface area contributed by atoms with Gasteiger partial charge < -0.3 is 20.0 Å². The molecule has 0 saturated carbocycles. The molecule has 0 atom stereocenters. The molecule has 0 bridgehead atoms. The smallest absolute Gasteiger partial charge is 0.132 e. The number of Topliss-reactive ketones (excluding diaryl/α,β-unsaturated/α-hetero) is 1. The molecule has 2 heterocycles. The van der Waals surface area contributed by atoms with E-state index in [1.54, 1.807) is 12.1 Å². The molecule has 2 fully saturated rings. The van der Waals surface area contributed by atoms with Gasteiger partial charge in [-0.05, 0) is 125 Å². The molecule has 5 heteroatoms. The van der Waals surface area contributed by atoms with Gasteiger partial charge in [0.05, 0.1) is 0 Å². The average molecular weight is 465 g/mol. The molecule has 2 N–H and O–H groups in total. The zero-order chi connectivity index (χ0) is 24.2. The maximum atomic E-state index is 13.2. The van der Waals surface area contributed by atoms with Gasteiger partial charge in [0, 0.05) is 12.8 Å². The first kappa shape index (κ1) is 24.7. The Labute approximate surface area is 204 Å². The van der Waals surface area contributed by atoms with Crippen LogP contribution in [-0.2, 0) is 15.6 Å². The predicted octanol–water partition coefficient (Wildman–Crippen LogP) is 4.85. The van der Waals surface area contributed by atoms with Crippen LogP contribution in [0.5, 0.6) is 11.5 Å². The number of piperidine rings is 2. The van der Waals surface area contributed by atoms with Crippen LogP contribution in [0.2, 0.25) is 0 Å². The van der Waals surface area contributed by atoms with E-state index in [0.29, 0.717) is 30.1 Å². The summed E-state index contributed by atoms with van der Waals surface area (Å²) in [4.78, 5) is 17.9. The van der Waals surface area contributed by atoms with Crippen molar-refractivity contribution in [2.45, 2.75) is 62.2 Å². The fourth-order valence-corrected chi connectivity index (χ4v) is 6.01. The first-order chi connectivity index (χ1) is 16.3. The summed E-state index contributed by atoms with van der Waals surface area (Å²) in [5.74, 6) is 0.937. The molecule has 2 aromatic carbocycles. The molecule has 2 saturated heterocycles. The van der Waals surface area contributed by atoms with Crippen LogP contribution in [0.15, 0.2) is 48.5 Å². The second-order valence-corrected chi connectivity index (χ2v) is 10.8. The number of likely N-dealkylation sites (tertiary alicyclic amines) is 2. The fourth-order valence-electron chi connectivity index (χ4n) is 6.01. The number of hydrogen-bond donors (Lipinski definition) is 2. The van der Waals surface area contributed by atoms with Crippen molar-refractivity contribution >= 4 is 5.78 Å². The molecule has 0 spiro atoms. The van der Waals surface area contributed by atoms with E-state index in [4.69, 9.17) is 0 Å². The van der Waals surface area contributed by atoms with Crippen LogP contribution in [0.4, 0.5) is 0 Å². The largest absolute Gasteiger partial charge is 0.508 e. The van der Waals surface area contributed by atoms with Gasteiger partial charge >= 0.3 is 0 Å². The lowest BCUT2D eigenvalue weighted by Crippen LogP contribution is -2.42. The molecule has 4 rings (SSSR count). The van der Waals surface area contributed by atoms with Gasteiger partial charge in [0.1, 0.15) is 17.3 Å². The number of benzene rings is 2. The second-order valence-electron chi connectivity index (χ2n) is 10.8. The molecule has 5 nitrogen and oxygen atoms in total. The van der Waals surface area contributed by atoms with E-state index in [9.17, 15) is 15.0 Å². The Morgan fingerprint density at radius 2 is 1.12 bits per heavy atom. The monoisotopic (exact) mass is 464 g/mol. The van der Waals surface area contributed by atoms with E-state index < -0.39 is 0 Å². The highest BCUT2D eigenvalue weighted by atomic mass is 16.3. The predicted molar refractivity (Wildman–Crippen MR) is 137 cm³/mol. The lowest BCUT2D eigenvalue weighted by Gasteiger charge is -2.42. The van der Waals surface area contributed by atoms with E-state index in [0.717, 1.165) is 64.7 Å². The van der Waals surface area contributed by atoms with Gasteiger partial charge in [-0.15, -0.1) is 0 Å². The number of nitrogens with zero attached hydrogens (tertiary/aromatic N) is 2. The van der Waals surface area contributed by atoms with Crippen LogP contribution >= 0.6 is 0 Å². The zero-order valence-electron chi connectivity index (χ0n) is 20.8. The van der Waals surface area contributed by atoms with E-state index in [2.05, 4.69) is 36.0 Å². The molecular weight excluding hydrogens is 424 g/mol. The first-order valence-electron chi connectivity index (χ1n) is 12.8. The summed E-state index contributed by atoms with van der Waals surface area (Å²) in [6.07, 6.45) is 6.89. The highest BCUT2D eigenvalue weighted by Crippen LogP contribution is 2.42. The summed E-state index contributed by atoms with van der Waals surface area (Å²) >= 11 is 0. The van der Waals surface area contributed by atoms with Gasteiger partial charge in [-0.25, -0.2) is 0 Å². The number of phenolic OH excluding ortho intramolecular Hbond substituents is 2. The Balaban J connectivity index is 1.44. The normalized spacial score (nSPS) is 20.8. The number of aromatic hydroxyl groups is 2. The fraction of sp³-hybridized carbons (Fsp3) is 0.552. The lowest BCUT2D eigenvalue weighted by atomic mass is 9.68. The SMILES string of the molecule is CN1CCC(CCC(=O)CCC2(c3cccc(O)c3)CCN(C)CC2)(c2cccc(O)c2)CC1. The van der Waals surface area contributed by atoms with Gasteiger partial charge in [0.2, 0.25) is 0 Å². The Hall–Kier alpha value is -2.37. The number of hydrogen-bond acceptors (Lipinski definition) is 5. The molecule has 2 aromatic rings. The maximum absolute atomic E-state index is 13.2. The Morgan fingerprint density at radius 1 is 0.735 bits per heavy atom. The summed E-state index contributed by atoms with van der Waals surface area (Å²) in [5, 5.41) is 20.2. The quantitative estimate of drug-likeness (QED) is 0.584. The number of carbonyl (C=O) groups excluding carboxylic acids is 1. The van der Waals surface area contributed by atoms with Gasteiger partial charge in [-0.1, -0.05) is 24.3 Å². The van der Waals surface area contributed by atoms with Crippen LogP contribution in [0.1, 0.15) is 62.5 Å². The van der Waals surface area contributed by atoms with Gasteiger partial charge in [0.25, 0.3) is 0 Å². The van der Waals surface area contributed by atoms with Crippen molar-refractivity contribution in [2.24, 2.45) is 0 Å². The molecule has 0 unspecified atom stereocenters. The summed E-state index contributed by atoms with van der Waals surface area (Å²) in [7, 11) is 4.31. The molecule has 2 aliphatic rings. The third-order valence-electron chi connectivity index (χ3n) is 8.57. The standard InChI is InChI=1S/C29H40N2O3/c1-30-17-13-28(14-18-30,23-5-3-7-26(33)21-23)11-9-25(32)10-12-29(15-19-31(2)20-16-29)24-6-4-8-27(34)22-24/h3-8,21-22,33-34H,9-20H2,1-2H3. The van der Waals surface area contributed by atoms with Gasteiger partial charge in [-0.2, -0.15) is 0 Å². The van der Waals surface area contributed by atoms with Gasteiger partial charge in [0.15, 0.2) is 0 Å². The van der Waals surface area contributed by atoms with Crippen LogP contribution in [0.3, 0.4) is 0 Å². The Bertz CT molecular complexity index is 895. The second kappa shape index (κ2) is 10.5. The van der Waals surface area contributed by atoms with Crippen molar-refractivity contribution in [3.05, 3.63) is 59.7 Å². The number of ketones is 1. The summed E-state index contributed by atoms with van der Waals surface area (Å²) in [6.45, 7) is 4.05. The molecule has 34 heavy (non-hydrogen) atoms. The Kier molecular flexibility index (Phi) is 7.63. The van der Waals surface area contributed by atoms with Crippen molar-refractivity contribution in [1.29, 1.82) is 0 Å². The minimum atomic E-state index is -0.0443. The lowest BCUT2D eigenvalue weighted by molar-refractivity contribution is -0.120. The minimum Gasteiger partial charge on any atom is -0.508 e. The number of phenols is 2. The van der Waals surface area contributed by atoms with Crippen molar-refractivity contribution in [1.82, 2.24) is 9.80 Å². The maximum Gasteiger partial charge on any atom is 0.132 e. The van der Waals surface area contributed by atoms with E-state index in [-0.39, 0.29) is 10.8 Å². The molecule has 0 aliphatic carbocycles. The van der Waals surface area contributed by atoms with E-state index >= 15 is 0 Å².